The third-order valence-electron chi connectivity index (χ3n) is 6.49. The lowest BCUT2D eigenvalue weighted by molar-refractivity contribution is 0.0960. The van der Waals surface area contributed by atoms with E-state index in [1.54, 1.807) is 24.3 Å². The number of hydrogen-bond donors (Lipinski definition) is 2. The molecular weight excluding hydrogens is 506 g/mol. The largest absolute Gasteiger partial charge is 0.497 e. The second-order valence-corrected chi connectivity index (χ2v) is 10.9. The lowest BCUT2D eigenvalue weighted by Crippen LogP contribution is -2.39. The van der Waals surface area contributed by atoms with E-state index in [0.717, 1.165) is 32.4 Å². The Kier molecular flexibility index (Phi) is 9.84. The zero-order valence-electron chi connectivity index (χ0n) is 20.9. The SMILES string of the molecule is COc1ccc(S(=O)(=O)NCCN2CCC(CCC(=O)c3cc(Cl)c(N)cc3OC)CC2)c(OC)c1. The number of rotatable bonds is 12. The molecule has 1 aliphatic rings. The summed E-state index contributed by atoms with van der Waals surface area (Å²) in [6, 6.07) is 7.75. The number of piperidine rings is 1. The van der Waals surface area contributed by atoms with Crippen LogP contribution in [0.4, 0.5) is 5.69 Å². The second-order valence-electron chi connectivity index (χ2n) is 8.74. The molecule has 36 heavy (non-hydrogen) atoms. The summed E-state index contributed by atoms with van der Waals surface area (Å²) < 4.78 is 43.8. The molecule has 0 atom stereocenters. The Hall–Kier alpha value is -2.53. The molecule has 0 unspecified atom stereocenters. The van der Waals surface area contributed by atoms with E-state index in [4.69, 9.17) is 31.5 Å². The van der Waals surface area contributed by atoms with Crippen molar-refractivity contribution in [3.05, 3.63) is 40.9 Å². The fourth-order valence-corrected chi connectivity index (χ4v) is 5.67. The monoisotopic (exact) mass is 539 g/mol. The summed E-state index contributed by atoms with van der Waals surface area (Å²) >= 11 is 6.09. The van der Waals surface area contributed by atoms with Gasteiger partial charge in [0.1, 0.15) is 22.1 Å². The molecule has 2 aromatic carbocycles. The first-order valence-electron chi connectivity index (χ1n) is 11.8. The van der Waals surface area contributed by atoms with Gasteiger partial charge in [0.15, 0.2) is 5.78 Å². The molecule has 198 valence electrons. The molecule has 1 fully saturated rings. The first-order chi connectivity index (χ1) is 17.2. The van der Waals surface area contributed by atoms with E-state index in [1.807, 2.05) is 0 Å². The number of nitrogens with one attached hydrogen (secondary N) is 1. The number of nitrogens with two attached hydrogens (primary N) is 1. The molecule has 0 aromatic heterocycles. The number of carbonyl (C=O) groups is 1. The van der Waals surface area contributed by atoms with Gasteiger partial charge in [-0.05, 0) is 56.5 Å². The number of likely N-dealkylation sites (tertiary alicyclic amines) is 1. The number of benzene rings is 2. The fourth-order valence-electron chi connectivity index (χ4n) is 4.34. The molecule has 0 spiro atoms. The minimum atomic E-state index is -3.72. The summed E-state index contributed by atoms with van der Waals surface area (Å²) in [4.78, 5) is 15.1. The highest BCUT2D eigenvalue weighted by molar-refractivity contribution is 7.89. The first kappa shape index (κ1) is 28.0. The average molecular weight is 540 g/mol. The number of Topliss-reactive ketones (excluding diaryl/α,β-unsaturated/α-hetero) is 1. The van der Waals surface area contributed by atoms with Crippen LogP contribution in [0.25, 0.3) is 0 Å². The van der Waals surface area contributed by atoms with Gasteiger partial charge in [0.2, 0.25) is 10.0 Å². The van der Waals surface area contributed by atoms with Crippen molar-refractivity contribution < 1.29 is 27.4 Å². The minimum absolute atomic E-state index is 0.0143. The highest BCUT2D eigenvalue weighted by atomic mass is 35.5. The number of carbonyl (C=O) groups excluding carboxylic acids is 1. The Morgan fingerprint density at radius 1 is 1.08 bits per heavy atom. The Morgan fingerprint density at radius 2 is 1.78 bits per heavy atom. The predicted octanol–water partition coefficient (Wildman–Crippen LogP) is 3.60. The standard InChI is InChI=1S/C25H34ClN3O6S/c1-33-18-5-7-25(24(14-18)35-3)36(31,32)28-10-13-29-11-8-17(9-12-29)4-6-22(30)19-15-20(26)21(27)16-23(19)34-2/h5,7,14-17,28H,4,6,8-13,27H2,1-3H3. The zero-order chi connectivity index (χ0) is 26.3. The Balaban J connectivity index is 1.44. The summed E-state index contributed by atoms with van der Waals surface area (Å²) in [5.41, 5.74) is 6.64. The smallest absolute Gasteiger partial charge is 0.244 e. The summed E-state index contributed by atoms with van der Waals surface area (Å²) in [5, 5.41) is 0.341. The van der Waals surface area contributed by atoms with Crippen LogP contribution in [0, 0.1) is 5.92 Å². The van der Waals surface area contributed by atoms with Gasteiger partial charge in [-0.15, -0.1) is 0 Å². The molecule has 1 heterocycles. The Morgan fingerprint density at radius 3 is 2.42 bits per heavy atom. The van der Waals surface area contributed by atoms with Crippen molar-refractivity contribution in [3.63, 3.8) is 0 Å². The number of methoxy groups -OCH3 is 3. The Bertz CT molecular complexity index is 1170. The van der Waals surface area contributed by atoms with Crippen molar-refractivity contribution in [3.8, 4) is 17.2 Å². The quantitative estimate of drug-likeness (QED) is 0.310. The molecule has 3 rings (SSSR count). The van der Waals surface area contributed by atoms with E-state index in [9.17, 15) is 13.2 Å². The van der Waals surface area contributed by atoms with Gasteiger partial charge in [-0.3, -0.25) is 4.79 Å². The molecule has 1 saturated heterocycles. The number of nitrogens with zero attached hydrogens (tertiary/aromatic N) is 1. The Labute approximate surface area is 217 Å². The highest BCUT2D eigenvalue weighted by Crippen LogP contribution is 2.31. The number of anilines is 1. The maximum absolute atomic E-state index is 12.8. The molecule has 0 saturated carbocycles. The van der Waals surface area contributed by atoms with Crippen molar-refractivity contribution in [2.45, 2.75) is 30.6 Å². The van der Waals surface area contributed by atoms with Crippen LogP contribution in [0.15, 0.2) is 35.2 Å². The fraction of sp³-hybridized carbons (Fsp3) is 0.480. The number of hydrogen-bond acceptors (Lipinski definition) is 8. The van der Waals surface area contributed by atoms with Crippen LogP contribution in [0.2, 0.25) is 5.02 Å². The van der Waals surface area contributed by atoms with Gasteiger partial charge in [0.05, 0.1) is 37.6 Å². The summed E-state index contributed by atoms with van der Waals surface area (Å²) in [6.45, 7) is 2.59. The molecule has 0 amide bonds. The third kappa shape index (κ3) is 7.03. The van der Waals surface area contributed by atoms with Gasteiger partial charge < -0.3 is 24.8 Å². The number of nitrogen functional groups attached to an aromatic ring is 1. The van der Waals surface area contributed by atoms with Crippen molar-refractivity contribution >= 4 is 33.1 Å². The van der Waals surface area contributed by atoms with E-state index in [1.165, 1.54) is 27.4 Å². The lowest BCUT2D eigenvalue weighted by Gasteiger charge is -2.31. The highest BCUT2D eigenvalue weighted by Gasteiger charge is 2.23. The molecule has 0 aliphatic carbocycles. The minimum Gasteiger partial charge on any atom is -0.497 e. The van der Waals surface area contributed by atoms with E-state index in [-0.39, 0.29) is 16.4 Å². The van der Waals surface area contributed by atoms with Gasteiger partial charge in [-0.2, -0.15) is 0 Å². The van der Waals surface area contributed by atoms with Crippen LogP contribution < -0.4 is 24.7 Å². The second kappa shape index (κ2) is 12.6. The number of sulfonamides is 1. The van der Waals surface area contributed by atoms with Crippen molar-refractivity contribution in [1.29, 1.82) is 0 Å². The van der Waals surface area contributed by atoms with Crippen LogP contribution in [0.1, 0.15) is 36.0 Å². The first-order valence-corrected chi connectivity index (χ1v) is 13.6. The molecule has 1 aliphatic heterocycles. The maximum atomic E-state index is 12.8. The molecule has 0 radical (unpaired) electrons. The molecule has 9 nitrogen and oxygen atoms in total. The van der Waals surface area contributed by atoms with E-state index in [0.29, 0.717) is 53.2 Å². The van der Waals surface area contributed by atoms with Crippen LogP contribution in [-0.4, -0.2) is 66.6 Å². The summed E-state index contributed by atoms with van der Waals surface area (Å²) in [6.07, 6.45) is 3.09. The van der Waals surface area contributed by atoms with E-state index < -0.39 is 10.0 Å². The topological polar surface area (TPSA) is 120 Å². The number of halogens is 1. The molecule has 0 bridgehead atoms. The third-order valence-corrected chi connectivity index (χ3v) is 8.31. The lowest BCUT2D eigenvalue weighted by atomic mass is 9.90. The molecular formula is C25H34ClN3O6S. The molecule has 2 aromatic rings. The van der Waals surface area contributed by atoms with E-state index in [2.05, 4.69) is 9.62 Å². The van der Waals surface area contributed by atoms with Crippen LogP contribution >= 0.6 is 11.6 Å². The normalized spacial score (nSPS) is 15.0. The van der Waals surface area contributed by atoms with Crippen molar-refractivity contribution in [2.75, 3.05) is 53.2 Å². The maximum Gasteiger partial charge on any atom is 0.244 e. The number of ether oxygens (including phenoxy) is 3. The average Bonchev–Trinajstić information content (AvgIpc) is 2.88. The van der Waals surface area contributed by atoms with Gasteiger partial charge in [0, 0.05) is 31.6 Å². The van der Waals surface area contributed by atoms with E-state index >= 15 is 0 Å². The van der Waals surface area contributed by atoms with Crippen LogP contribution in [0.3, 0.4) is 0 Å². The summed E-state index contributed by atoms with van der Waals surface area (Å²) in [5.74, 6) is 1.61. The van der Waals surface area contributed by atoms with Gasteiger partial charge in [0.25, 0.3) is 0 Å². The van der Waals surface area contributed by atoms with Gasteiger partial charge in [-0.25, -0.2) is 13.1 Å². The molecule has 11 heteroatoms. The molecule has 3 N–H and O–H groups in total. The van der Waals surface area contributed by atoms with Crippen LogP contribution in [-0.2, 0) is 10.0 Å². The number of ketones is 1. The van der Waals surface area contributed by atoms with Crippen molar-refractivity contribution in [1.82, 2.24) is 9.62 Å². The zero-order valence-corrected chi connectivity index (χ0v) is 22.5. The predicted molar refractivity (Wildman–Crippen MR) is 140 cm³/mol. The van der Waals surface area contributed by atoms with Gasteiger partial charge >= 0.3 is 0 Å². The van der Waals surface area contributed by atoms with Crippen LogP contribution in [0.5, 0.6) is 17.2 Å². The van der Waals surface area contributed by atoms with Crippen molar-refractivity contribution in [2.24, 2.45) is 5.92 Å². The van der Waals surface area contributed by atoms with Gasteiger partial charge in [-0.1, -0.05) is 11.6 Å². The summed E-state index contributed by atoms with van der Waals surface area (Å²) in [7, 11) is 0.718.